The number of hydrogen-bond donors (Lipinski definition) is 1. The van der Waals surface area contributed by atoms with Crippen molar-refractivity contribution in [3.05, 3.63) is 357 Å². The maximum Gasteiger partial charge on any atom is 0.231 e. The molecule has 0 spiro atoms. The molecule has 18 aromatic rings. The van der Waals surface area contributed by atoms with E-state index in [9.17, 15) is 0 Å². The molecule has 0 saturated carbocycles. The number of ether oxygens (including phenoxy) is 1. The van der Waals surface area contributed by atoms with E-state index in [0.717, 1.165) is 155 Å². The van der Waals surface area contributed by atoms with Crippen molar-refractivity contribution >= 4 is 127 Å². The van der Waals surface area contributed by atoms with Crippen LogP contribution in [-0.4, -0.2) is 11.0 Å². The van der Waals surface area contributed by atoms with Crippen LogP contribution in [0.4, 0.5) is 34.1 Å². The molecule has 3 atom stereocenters. The van der Waals surface area contributed by atoms with Gasteiger partial charge in [0.1, 0.15) is 16.7 Å². The van der Waals surface area contributed by atoms with Gasteiger partial charge in [0.15, 0.2) is 17.6 Å². The molecule has 7 nitrogen and oxygen atoms in total. The largest absolute Gasteiger partial charge is 0.464 e. The Hall–Kier alpha value is -13.2. The second-order valence-electron chi connectivity index (χ2n) is 27.0. The van der Waals surface area contributed by atoms with Gasteiger partial charge in [0.25, 0.3) is 0 Å². The fraction of sp³-hybridized carbons (Fsp3) is 0.0421. The lowest BCUT2D eigenvalue weighted by Gasteiger charge is -2.37. The van der Waals surface area contributed by atoms with Crippen molar-refractivity contribution < 1.29 is 13.6 Å². The molecule has 7 heteroatoms. The van der Waals surface area contributed by atoms with Crippen molar-refractivity contribution in [2.24, 2.45) is 5.92 Å². The summed E-state index contributed by atoms with van der Waals surface area (Å²) >= 11 is 0. The molecule has 0 radical (unpaired) electrons. The smallest absolute Gasteiger partial charge is 0.231 e. The minimum absolute atomic E-state index is 0.107. The van der Waals surface area contributed by atoms with Gasteiger partial charge in [0.2, 0.25) is 5.89 Å². The van der Waals surface area contributed by atoms with Gasteiger partial charge in [-0.15, -0.1) is 0 Å². The fourth-order valence-electron chi connectivity index (χ4n) is 15.9. The third kappa shape index (κ3) is 9.99. The molecule has 1 aliphatic carbocycles. The molecule has 2 aliphatic rings. The first-order valence-electron chi connectivity index (χ1n) is 35.0. The highest BCUT2D eigenvalue weighted by atomic mass is 16.5. The highest BCUT2D eigenvalue weighted by Crippen LogP contribution is 2.51. The van der Waals surface area contributed by atoms with E-state index in [2.05, 4.69) is 344 Å². The van der Waals surface area contributed by atoms with Crippen molar-refractivity contribution in [3.63, 3.8) is 0 Å². The normalized spacial score (nSPS) is 15.0. The van der Waals surface area contributed by atoms with Gasteiger partial charge in [-0.05, 0) is 174 Å². The summed E-state index contributed by atoms with van der Waals surface area (Å²) in [6.45, 7) is 2.33. The fourth-order valence-corrected chi connectivity index (χ4v) is 15.9. The zero-order valence-electron chi connectivity index (χ0n) is 55.7. The van der Waals surface area contributed by atoms with E-state index in [4.69, 9.17) is 18.6 Å². The summed E-state index contributed by atoms with van der Waals surface area (Å²) in [6, 6.07) is 118. The molecule has 1 aliphatic heterocycles. The number of anilines is 6. The highest BCUT2D eigenvalue weighted by Gasteiger charge is 2.31. The Bertz CT molecular complexity index is 6400. The van der Waals surface area contributed by atoms with Crippen LogP contribution in [-0.2, 0) is 0 Å². The van der Waals surface area contributed by atoms with Gasteiger partial charge in [0, 0.05) is 66.3 Å². The molecule has 0 bridgehead atoms. The number of rotatable bonds is 12. The molecule has 3 unspecified atom stereocenters. The molecule has 0 amide bonds. The molecule has 0 fully saturated rings. The van der Waals surface area contributed by atoms with Gasteiger partial charge in [-0.1, -0.05) is 262 Å². The second kappa shape index (κ2) is 24.0. The molecule has 2 aromatic heterocycles. The van der Waals surface area contributed by atoms with Crippen LogP contribution in [0.3, 0.4) is 0 Å². The first-order chi connectivity index (χ1) is 50.4. The molecular formula is C95H64N4O3. The predicted molar refractivity (Wildman–Crippen MR) is 424 cm³/mol. The summed E-state index contributed by atoms with van der Waals surface area (Å²) in [6.07, 6.45) is 6.72. The Labute approximate surface area is 589 Å². The highest BCUT2D eigenvalue weighted by molar-refractivity contribution is 6.24. The van der Waals surface area contributed by atoms with Crippen molar-refractivity contribution in [3.8, 4) is 50.6 Å². The SMILES string of the molecule is CC1C=C(c2ccccc2)C=CC1N(c1ccccc1)c1ccc2c3c(c4ccccc4c2c1)OC(c1ccc2cc(-c4ccc(-c5ccc(N(c6ccc(-c7ccccc7)cc6)c6ccc7c(c6)c6ccccc6c6oc(-c8cccc9c8oc8ccccc89)nc76)cc5)cc4)ccc2c1)N3. The number of fused-ring (bicyclic) bond motifs is 16. The third-order valence-corrected chi connectivity index (χ3v) is 21.0. The number of hydrogen-bond acceptors (Lipinski definition) is 7. The Kier molecular flexibility index (Phi) is 13.9. The van der Waals surface area contributed by atoms with Crippen molar-refractivity contribution in [1.29, 1.82) is 0 Å². The first kappa shape index (κ1) is 58.9. The van der Waals surface area contributed by atoms with E-state index in [-0.39, 0.29) is 18.2 Å². The zero-order chi connectivity index (χ0) is 67.4. The van der Waals surface area contributed by atoms with Crippen LogP contribution in [0.25, 0.3) is 137 Å². The lowest BCUT2D eigenvalue weighted by molar-refractivity contribution is 0.263. The van der Waals surface area contributed by atoms with E-state index in [1.807, 2.05) is 24.3 Å². The van der Waals surface area contributed by atoms with Gasteiger partial charge in [-0.2, -0.15) is 0 Å². The van der Waals surface area contributed by atoms with Crippen LogP contribution in [0, 0.1) is 5.92 Å². The number of para-hydroxylation sites is 3. The minimum Gasteiger partial charge on any atom is -0.464 e. The van der Waals surface area contributed by atoms with Crippen molar-refractivity contribution in [2.45, 2.75) is 19.2 Å². The van der Waals surface area contributed by atoms with Crippen LogP contribution in [0.1, 0.15) is 24.3 Å². The van der Waals surface area contributed by atoms with E-state index in [0.29, 0.717) is 5.89 Å². The molecule has 16 aromatic carbocycles. The van der Waals surface area contributed by atoms with E-state index >= 15 is 0 Å². The number of aromatic nitrogens is 1. The van der Waals surface area contributed by atoms with Gasteiger partial charge in [0.05, 0.1) is 17.3 Å². The third-order valence-electron chi connectivity index (χ3n) is 21.0. The van der Waals surface area contributed by atoms with Gasteiger partial charge in [-0.25, -0.2) is 4.98 Å². The number of allylic oxidation sites excluding steroid dienone is 2. The maximum atomic E-state index is 7.00. The van der Waals surface area contributed by atoms with Crippen LogP contribution in [0.5, 0.6) is 5.75 Å². The lowest BCUT2D eigenvalue weighted by Crippen LogP contribution is -2.35. The van der Waals surface area contributed by atoms with E-state index in [1.54, 1.807) is 0 Å². The van der Waals surface area contributed by atoms with Gasteiger partial charge < -0.3 is 28.7 Å². The Balaban J connectivity index is 0.582. The molecule has 0 saturated heterocycles. The molecule has 482 valence electrons. The Morgan fingerprint density at radius 3 is 1.62 bits per heavy atom. The maximum absolute atomic E-state index is 7.00. The first-order valence-corrected chi connectivity index (χ1v) is 35.0. The van der Waals surface area contributed by atoms with Crippen LogP contribution < -0.4 is 19.9 Å². The average Bonchev–Trinajstić information content (AvgIpc) is 1.52. The number of benzene rings is 16. The summed E-state index contributed by atoms with van der Waals surface area (Å²) in [5.74, 6) is 1.66. The Morgan fingerprint density at radius 1 is 0.363 bits per heavy atom. The predicted octanol–water partition coefficient (Wildman–Crippen LogP) is 25.9. The molecule has 3 heterocycles. The van der Waals surface area contributed by atoms with Gasteiger partial charge >= 0.3 is 0 Å². The number of oxazole rings is 1. The number of nitrogens with zero attached hydrogens (tertiary/aromatic N) is 3. The van der Waals surface area contributed by atoms with Crippen molar-refractivity contribution in [1.82, 2.24) is 4.98 Å². The molecule has 1 N–H and O–H groups in total. The van der Waals surface area contributed by atoms with Crippen LogP contribution in [0.15, 0.2) is 355 Å². The van der Waals surface area contributed by atoms with Gasteiger partial charge in [-0.3, -0.25) is 0 Å². The molecule has 102 heavy (non-hydrogen) atoms. The van der Waals surface area contributed by atoms with Crippen LogP contribution >= 0.6 is 0 Å². The lowest BCUT2D eigenvalue weighted by atomic mass is 9.88. The quantitative estimate of drug-likeness (QED) is 0.122. The number of furan rings is 1. The zero-order valence-corrected chi connectivity index (χ0v) is 55.7. The van der Waals surface area contributed by atoms with Crippen LogP contribution in [0.2, 0.25) is 0 Å². The summed E-state index contributed by atoms with van der Waals surface area (Å²) in [5, 5.41) is 17.0. The van der Waals surface area contributed by atoms with E-state index < -0.39 is 0 Å². The Morgan fingerprint density at radius 2 is 0.892 bits per heavy atom. The average molecular weight is 1310 g/mol. The second-order valence-corrected chi connectivity index (χ2v) is 27.0. The minimum atomic E-state index is -0.368. The standard InChI is InChI=1S/C95H64N4O3/c1-59-54-66(61-20-7-3-8-21-61)44-53-87(59)99(71-22-9-4-10-23-71)75-50-52-79-86(58-75)76-24-11-13-27-81(76)92-89(79)96-94(101-92)70-39-38-68-55-67(36-37-69(68)56-70)65-34-32-62(33-35-65)64-42-47-73(48-43-64)98(72-45-40-63(41-46-72)60-18-5-2-6-19-60)74-49-51-80-85(57-74)77-25-12-14-28-82(77)93-90(80)97-95(102-93)84-30-17-29-83-78-26-15-16-31-88(78)100-91(83)84/h2-59,87,94,96H,1H3. The topological polar surface area (TPSA) is 66.9 Å². The summed E-state index contributed by atoms with van der Waals surface area (Å²) in [4.78, 5) is 10.1. The molecular weight excluding hydrogens is 1250 g/mol. The number of nitrogens with one attached hydrogen (secondary N) is 1. The monoisotopic (exact) mass is 1310 g/mol. The van der Waals surface area contributed by atoms with Crippen molar-refractivity contribution in [2.75, 3.05) is 15.1 Å². The molecule has 20 rings (SSSR count). The van der Waals surface area contributed by atoms with E-state index in [1.165, 1.54) is 27.5 Å². The summed E-state index contributed by atoms with van der Waals surface area (Å²) < 4.78 is 20.3. The summed E-state index contributed by atoms with van der Waals surface area (Å²) in [7, 11) is 0. The summed E-state index contributed by atoms with van der Waals surface area (Å²) in [5.41, 5.74) is 20.9.